The smallest absolute Gasteiger partial charge is 0.270 e. The highest BCUT2D eigenvalue weighted by Crippen LogP contribution is 2.40. The molecular formula is C28H27N5O5. The van der Waals surface area contributed by atoms with Crippen molar-refractivity contribution in [3.8, 4) is 0 Å². The van der Waals surface area contributed by atoms with Crippen molar-refractivity contribution in [2.24, 2.45) is 0 Å². The molecule has 3 aromatic carbocycles. The van der Waals surface area contributed by atoms with Crippen LogP contribution in [0.3, 0.4) is 0 Å². The molecule has 194 valence electrons. The number of benzene rings is 3. The van der Waals surface area contributed by atoms with Crippen LogP contribution < -0.4 is 15.5 Å². The van der Waals surface area contributed by atoms with E-state index in [1.54, 1.807) is 23.1 Å². The molecule has 0 aromatic heterocycles. The molecule has 38 heavy (non-hydrogen) atoms. The number of anilines is 2. The second kappa shape index (κ2) is 10.4. The number of nitro groups is 1. The van der Waals surface area contributed by atoms with Crippen LogP contribution in [-0.2, 0) is 4.79 Å². The number of amides is 3. The van der Waals surface area contributed by atoms with E-state index < -0.39 is 16.9 Å². The fourth-order valence-corrected chi connectivity index (χ4v) is 4.86. The highest BCUT2D eigenvalue weighted by molar-refractivity contribution is 6.12. The monoisotopic (exact) mass is 513 g/mol. The number of aryl methyl sites for hydroxylation is 1. The zero-order valence-corrected chi connectivity index (χ0v) is 20.8. The van der Waals surface area contributed by atoms with Crippen LogP contribution in [0.4, 0.5) is 17.1 Å². The Morgan fingerprint density at radius 1 is 0.947 bits per heavy atom. The van der Waals surface area contributed by atoms with E-state index in [-0.39, 0.29) is 29.5 Å². The maximum absolute atomic E-state index is 14.0. The summed E-state index contributed by atoms with van der Waals surface area (Å²) in [6.07, 6.45) is -0.0283. The van der Waals surface area contributed by atoms with Gasteiger partial charge in [0.1, 0.15) is 0 Å². The third-order valence-corrected chi connectivity index (χ3v) is 6.86. The summed E-state index contributed by atoms with van der Waals surface area (Å²) in [5, 5.41) is 17.5. The molecule has 0 spiro atoms. The molecule has 3 aromatic rings. The summed E-state index contributed by atoms with van der Waals surface area (Å²) in [7, 11) is 0. The van der Waals surface area contributed by atoms with Crippen molar-refractivity contribution in [2.75, 3.05) is 36.4 Å². The number of fused-ring (bicyclic) bond motifs is 1. The number of carbonyl (C=O) groups excluding carboxylic acids is 3. The molecule has 1 atom stereocenters. The molecule has 0 radical (unpaired) electrons. The van der Waals surface area contributed by atoms with Crippen LogP contribution in [0.25, 0.3) is 0 Å². The van der Waals surface area contributed by atoms with Crippen molar-refractivity contribution in [1.29, 1.82) is 0 Å². The van der Waals surface area contributed by atoms with Crippen LogP contribution in [0.1, 0.15) is 44.3 Å². The Morgan fingerprint density at radius 2 is 1.66 bits per heavy atom. The molecule has 0 aliphatic carbocycles. The van der Waals surface area contributed by atoms with Crippen molar-refractivity contribution in [2.45, 2.75) is 19.4 Å². The quantitative estimate of drug-likeness (QED) is 0.405. The minimum Gasteiger partial charge on any atom is -0.336 e. The minimum absolute atomic E-state index is 0.0283. The number of piperazine rings is 1. The summed E-state index contributed by atoms with van der Waals surface area (Å²) in [5.41, 5.74) is 2.85. The summed E-state index contributed by atoms with van der Waals surface area (Å²) < 4.78 is 0. The van der Waals surface area contributed by atoms with E-state index in [0.717, 1.165) is 11.1 Å². The third-order valence-electron chi connectivity index (χ3n) is 6.86. The molecule has 3 amide bonds. The van der Waals surface area contributed by atoms with E-state index >= 15 is 0 Å². The first-order chi connectivity index (χ1) is 18.3. The van der Waals surface area contributed by atoms with E-state index in [9.17, 15) is 24.5 Å². The second-order valence-electron chi connectivity index (χ2n) is 9.44. The summed E-state index contributed by atoms with van der Waals surface area (Å²) in [6.45, 7) is 4.51. The van der Waals surface area contributed by atoms with Crippen molar-refractivity contribution >= 4 is 34.8 Å². The Morgan fingerprint density at radius 3 is 2.37 bits per heavy atom. The molecular weight excluding hydrogens is 486 g/mol. The minimum atomic E-state index is -0.668. The lowest BCUT2D eigenvalue weighted by atomic mass is 9.98. The topological polar surface area (TPSA) is 125 Å². The highest BCUT2D eigenvalue weighted by Gasteiger charge is 2.35. The molecule has 1 saturated heterocycles. The van der Waals surface area contributed by atoms with Gasteiger partial charge in [0.2, 0.25) is 5.91 Å². The van der Waals surface area contributed by atoms with Gasteiger partial charge in [0, 0.05) is 49.4 Å². The maximum Gasteiger partial charge on any atom is 0.270 e. The van der Waals surface area contributed by atoms with E-state index in [2.05, 4.69) is 10.6 Å². The predicted octanol–water partition coefficient (Wildman–Crippen LogP) is 3.68. The molecule has 10 nitrogen and oxygen atoms in total. The fourth-order valence-electron chi connectivity index (χ4n) is 4.86. The Kier molecular flexibility index (Phi) is 6.89. The number of hydrogen-bond acceptors (Lipinski definition) is 6. The number of rotatable bonds is 4. The van der Waals surface area contributed by atoms with Gasteiger partial charge in [-0.2, -0.15) is 0 Å². The third kappa shape index (κ3) is 4.98. The molecule has 0 saturated carbocycles. The van der Waals surface area contributed by atoms with Crippen LogP contribution in [-0.4, -0.2) is 53.7 Å². The number of carbonyl (C=O) groups is 3. The number of nitro benzene ring substituents is 1. The van der Waals surface area contributed by atoms with E-state index in [1.807, 2.05) is 31.2 Å². The van der Waals surface area contributed by atoms with Crippen molar-refractivity contribution in [1.82, 2.24) is 10.2 Å². The summed E-state index contributed by atoms with van der Waals surface area (Å²) >= 11 is 0. The van der Waals surface area contributed by atoms with Crippen molar-refractivity contribution < 1.29 is 19.3 Å². The van der Waals surface area contributed by atoms with Gasteiger partial charge in [-0.3, -0.25) is 29.4 Å². The lowest BCUT2D eigenvalue weighted by molar-refractivity contribution is -0.384. The maximum atomic E-state index is 14.0. The van der Waals surface area contributed by atoms with Gasteiger partial charge in [-0.1, -0.05) is 35.9 Å². The Bertz CT molecular complexity index is 1420. The molecule has 0 bridgehead atoms. The molecule has 2 aliphatic heterocycles. The Hall–Kier alpha value is -4.57. The molecule has 1 unspecified atom stereocenters. The van der Waals surface area contributed by atoms with Crippen molar-refractivity contribution in [3.63, 3.8) is 0 Å². The van der Waals surface area contributed by atoms with Crippen LogP contribution in [0.15, 0.2) is 66.7 Å². The Balaban J connectivity index is 1.61. The van der Waals surface area contributed by atoms with Gasteiger partial charge in [-0.05, 0) is 36.8 Å². The largest absolute Gasteiger partial charge is 0.336 e. The van der Waals surface area contributed by atoms with Gasteiger partial charge in [0.15, 0.2) is 0 Å². The summed E-state index contributed by atoms with van der Waals surface area (Å²) in [5.74, 6) is -0.949. The molecule has 2 heterocycles. The number of nitrogens with zero attached hydrogens (tertiary/aromatic N) is 3. The van der Waals surface area contributed by atoms with Gasteiger partial charge in [0.25, 0.3) is 17.5 Å². The van der Waals surface area contributed by atoms with Crippen LogP contribution in [0.5, 0.6) is 0 Å². The first kappa shape index (κ1) is 25.1. The normalized spacial score (nSPS) is 17.3. The van der Waals surface area contributed by atoms with Crippen LogP contribution >= 0.6 is 0 Å². The number of non-ortho nitro benzene ring substituents is 1. The summed E-state index contributed by atoms with van der Waals surface area (Å²) in [6, 6.07) is 17.3. The van der Waals surface area contributed by atoms with Gasteiger partial charge >= 0.3 is 0 Å². The van der Waals surface area contributed by atoms with Gasteiger partial charge in [-0.15, -0.1) is 0 Å². The Labute approximate surface area is 219 Å². The van der Waals surface area contributed by atoms with Crippen LogP contribution in [0, 0.1) is 17.0 Å². The van der Waals surface area contributed by atoms with E-state index in [4.69, 9.17) is 0 Å². The molecule has 2 N–H and O–H groups in total. The first-order valence-corrected chi connectivity index (χ1v) is 12.4. The molecule has 10 heteroatoms. The van der Waals surface area contributed by atoms with Crippen molar-refractivity contribution in [3.05, 3.63) is 99.1 Å². The molecule has 2 aliphatic rings. The van der Waals surface area contributed by atoms with Gasteiger partial charge in [0.05, 0.1) is 28.8 Å². The number of hydrogen-bond donors (Lipinski definition) is 2. The standard InChI is InChI=1S/C28H27N5O5/c1-18-5-7-19(8-6-18)25-17-26(34)30-23-16-21(27(35)31-13-11-29-12-14-31)9-10-24(23)32(25)28(36)20-3-2-4-22(15-20)33(37)38/h2-10,15-16,25,29H,11-14,17H2,1H3,(H,30,34). The van der Waals surface area contributed by atoms with Gasteiger partial charge in [-0.25, -0.2) is 0 Å². The fraction of sp³-hybridized carbons (Fsp3) is 0.250. The van der Waals surface area contributed by atoms with E-state index in [1.165, 1.54) is 29.2 Å². The molecule has 5 rings (SSSR count). The van der Waals surface area contributed by atoms with Gasteiger partial charge < -0.3 is 15.5 Å². The average molecular weight is 514 g/mol. The summed E-state index contributed by atoms with van der Waals surface area (Å²) in [4.78, 5) is 54.3. The zero-order chi connectivity index (χ0) is 26.8. The SMILES string of the molecule is Cc1ccc(C2CC(=O)Nc3cc(C(=O)N4CCNCC4)ccc3N2C(=O)c2cccc([N+](=O)[O-])c2)cc1. The lowest BCUT2D eigenvalue weighted by Gasteiger charge is -2.31. The predicted molar refractivity (Wildman–Crippen MR) is 142 cm³/mol. The average Bonchev–Trinajstić information content (AvgIpc) is 3.08. The van der Waals surface area contributed by atoms with Crippen LogP contribution in [0.2, 0.25) is 0 Å². The second-order valence-corrected chi connectivity index (χ2v) is 9.44. The molecule has 1 fully saturated rings. The first-order valence-electron chi connectivity index (χ1n) is 12.4. The van der Waals surface area contributed by atoms with E-state index in [0.29, 0.717) is 43.1 Å². The highest BCUT2D eigenvalue weighted by atomic mass is 16.6. The zero-order valence-electron chi connectivity index (χ0n) is 20.8. The lowest BCUT2D eigenvalue weighted by Crippen LogP contribution is -2.46. The number of nitrogens with one attached hydrogen (secondary N) is 2.